The van der Waals surface area contributed by atoms with E-state index in [0.29, 0.717) is 5.69 Å². The van der Waals surface area contributed by atoms with Crippen LogP contribution in [0.15, 0.2) is 36.4 Å². The second-order valence-electron chi connectivity index (χ2n) is 4.68. The molecule has 106 valence electrons. The van der Waals surface area contributed by atoms with Crippen LogP contribution in [0.2, 0.25) is 5.02 Å². The van der Waals surface area contributed by atoms with Crippen molar-refractivity contribution in [1.29, 1.82) is 0 Å². The minimum absolute atomic E-state index is 0.0468. The molecule has 2 aromatic carbocycles. The Kier molecular flexibility index (Phi) is 3.35. The van der Waals surface area contributed by atoms with Crippen LogP contribution in [0.5, 0.6) is 0 Å². The summed E-state index contributed by atoms with van der Waals surface area (Å²) in [6, 6.07) is 8.71. The van der Waals surface area contributed by atoms with E-state index in [2.05, 4.69) is 10.6 Å². The zero-order chi connectivity index (χ0) is 15.0. The zero-order valence-electron chi connectivity index (χ0n) is 10.7. The van der Waals surface area contributed by atoms with Crippen LogP contribution in [-0.2, 0) is 11.2 Å². The van der Waals surface area contributed by atoms with Crippen molar-refractivity contribution in [3.63, 3.8) is 0 Å². The molecule has 1 heterocycles. The monoisotopic (exact) mass is 304 g/mol. The highest BCUT2D eigenvalue weighted by Gasteiger charge is 2.18. The molecule has 2 amide bonds. The second kappa shape index (κ2) is 5.18. The molecule has 4 nitrogen and oxygen atoms in total. The van der Waals surface area contributed by atoms with E-state index in [1.54, 1.807) is 18.2 Å². The third-order valence-corrected chi connectivity index (χ3v) is 3.48. The molecule has 0 unspecified atom stereocenters. The second-order valence-corrected chi connectivity index (χ2v) is 5.08. The molecule has 2 aromatic rings. The average molecular weight is 305 g/mol. The Hall–Kier alpha value is -2.40. The highest BCUT2D eigenvalue weighted by atomic mass is 35.5. The first-order valence-corrected chi connectivity index (χ1v) is 6.60. The molecule has 2 N–H and O–H groups in total. The highest BCUT2D eigenvalue weighted by molar-refractivity contribution is 6.34. The summed E-state index contributed by atoms with van der Waals surface area (Å²) in [7, 11) is 0. The quantitative estimate of drug-likeness (QED) is 0.895. The third-order valence-electron chi connectivity index (χ3n) is 3.16. The zero-order valence-corrected chi connectivity index (χ0v) is 11.5. The normalized spacial score (nSPS) is 12.8. The van der Waals surface area contributed by atoms with Crippen LogP contribution in [0.1, 0.15) is 15.9 Å². The third kappa shape index (κ3) is 2.73. The number of amides is 2. The standard InChI is InChI=1S/C15H10ClFN2O2/c16-12-7-9(17)1-3-11(12)15(21)18-10-2-4-13-8(5-10)6-14(20)19-13/h1-5,7H,6H2,(H,18,21)(H,19,20). The fourth-order valence-electron chi connectivity index (χ4n) is 2.18. The largest absolute Gasteiger partial charge is 0.326 e. The Labute approximate surface area is 124 Å². The Bertz CT molecular complexity index is 761. The highest BCUT2D eigenvalue weighted by Crippen LogP contribution is 2.26. The van der Waals surface area contributed by atoms with Crippen molar-refractivity contribution in [2.45, 2.75) is 6.42 Å². The molecular formula is C15H10ClFN2O2. The fraction of sp³-hybridized carbons (Fsp3) is 0.0667. The predicted octanol–water partition coefficient (Wildman–Crippen LogP) is 3.23. The Morgan fingerprint density at radius 1 is 1.24 bits per heavy atom. The van der Waals surface area contributed by atoms with Gasteiger partial charge in [-0.15, -0.1) is 0 Å². The van der Waals surface area contributed by atoms with Gasteiger partial charge in [0.2, 0.25) is 5.91 Å². The number of hydrogen-bond acceptors (Lipinski definition) is 2. The number of anilines is 2. The number of fused-ring (bicyclic) bond motifs is 1. The maximum absolute atomic E-state index is 13.0. The van der Waals surface area contributed by atoms with Crippen molar-refractivity contribution in [3.8, 4) is 0 Å². The summed E-state index contributed by atoms with van der Waals surface area (Å²) in [5.74, 6) is -1.01. The molecule has 6 heteroatoms. The summed E-state index contributed by atoms with van der Waals surface area (Å²) in [6.45, 7) is 0. The van der Waals surface area contributed by atoms with Gasteiger partial charge in [-0.2, -0.15) is 0 Å². The van der Waals surface area contributed by atoms with Gasteiger partial charge in [-0.25, -0.2) is 4.39 Å². The topological polar surface area (TPSA) is 58.2 Å². The number of rotatable bonds is 2. The van der Waals surface area contributed by atoms with Gasteiger partial charge in [0.1, 0.15) is 5.82 Å². The minimum Gasteiger partial charge on any atom is -0.326 e. The Morgan fingerprint density at radius 2 is 2.05 bits per heavy atom. The number of halogens is 2. The fourth-order valence-corrected chi connectivity index (χ4v) is 2.43. The van der Waals surface area contributed by atoms with E-state index in [1.165, 1.54) is 12.1 Å². The number of benzene rings is 2. The maximum atomic E-state index is 13.0. The van der Waals surface area contributed by atoms with E-state index < -0.39 is 11.7 Å². The summed E-state index contributed by atoms with van der Waals surface area (Å²) in [6.07, 6.45) is 0.288. The van der Waals surface area contributed by atoms with E-state index in [9.17, 15) is 14.0 Å². The van der Waals surface area contributed by atoms with E-state index in [0.717, 1.165) is 17.3 Å². The lowest BCUT2D eigenvalue weighted by atomic mass is 10.1. The lowest BCUT2D eigenvalue weighted by Crippen LogP contribution is -2.12. The smallest absolute Gasteiger partial charge is 0.257 e. The van der Waals surface area contributed by atoms with Gasteiger partial charge in [0.15, 0.2) is 0 Å². The first-order chi connectivity index (χ1) is 10.0. The molecule has 0 saturated carbocycles. The van der Waals surface area contributed by atoms with Gasteiger partial charge in [-0.3, -0.25) is 9.59 Å². The molecule has 0 bridgehead atoms. The Morgan fingerprint density at radius 3 is 2.81 bits per heavy atom. The van der Waals surface area contributed by atoms with Crippen LogP contribution in [0.4, 0.5) is 15.8 Å². The van der Waals surface area contributed by atoms with Gasteiger partial charge in [0, 0.05) is 11.4 Å². The summed E-state index contributed by atoms with van der Waals surface area (Å²) >= 11 is 5.85. The molecule has 0 saturated heterocycles. The summed E-state index contributed by atoms with van der Waals surface area (Å²) < 4.78 is 13.0. The van der Waals surface area contributed by atoms with Gasteiger partial charge in [0.25, 0.3) is 5.91 Å². The molecule has 21 heavy (non-hydrogen) atoms. The number of carbonyl (C=O) groups excluding carboxylic acids is 2. The van der Waals surface area contributed by atoms with Gasteiger partial charge in [-0.1, -0.05) is 11.6 Å². The van der Waals surface area contributed by atoms with Crippen LogP contribution >= 0.6 is 11.6 Å². The molecule has 0 aromatic heterocycles. The van der Waals surface area contributed by atoms with Gasteiger partial charge in [-0.05, 0) is 42.0 Å². The molecule has 3 rings (SSSR count). The van der Waals surface area contributed by atoms with Crippen molar-refractivity contribution in [3.05, 3.63) is 58.4 Å². The van der Waals surface area contributed by atoms with E-state index in [4.69, 9.17) is 11.6 Å². The molecular weight excluding hydrogens is 295 g/mol. The maximum Gasteiger partial charge on any atom is 0.257 e. The molecule has 0 fully saturated rings. The van der Waals surface area contributed by atoms with Crippen LogP contribution in [0.3, 0.4) is 0 Å². The Balaban J connectivity index is 1.82. The lowest BCUT2D eigenvalue weighted by molar-refractivity contribution is -0.115. The van der Waals surface area contributed by atoms with Gasteiger partial charge in [0.05, 0.1) is 17.0 Å². The lowest BCUT2D eigenvalue weighted by Gasteiger charge is -2.08. The molecule has 0 radical (unpaired) electrons. The first kappa shape index (κ1) is 13.6. The number of nitrogens with one attached hydrogen (secondary N) is 2. The van der Waals surface area contributed by atoms with Crippen LogP contribution in [0, 0.1) is 5.82 Å². The van der Waals surface area contributed by atoms with Crippen LogP contribution in [-0.4, -0.2) is 11.8 Å². The SMILES string of the molecule is O=C1Cc2cc(NC(=O)c3ccc(F)cc3Cl)ccc2N1. The van der Waals surface area contributed by atoms with E-state index >= 15 is 0 Å². The van der Waals surface area contributed by atoms with Crippen molar-refractivity contribution < 1.29 is 14.0 Å². The molecule has 1 aliphatic heterocycles. The van der Waals surface area contributed by atoms with E-state index in [1.807, 2.05) is 0 Å². The van der Waals surface area contributed by atoms with Crippen molar-refractivity contribution in [2.75, 3.05) is 10.6 Å². The minimum atomic E-state index is -0.501. The van der Waals surface area contributed by atoms with Crippen molar-refractivity contribution in [2.24, 2.45) is 0 Å². The van der Waals surface area contributed by atoms with Gasteiger partial charge < -0.3 is 10.6 Å². The summed E-state index contributed by atoms with van der Waals surface area (Å²) in [4.78, 5) is 23.4. The van der Waals surface area contributed by atoms with Crippen LogP contribution in [0.25, 0.3) is 0 Å². The summed E-state index contributed by atoms with van der Waals surface area (Å²) in [5.41, 5.74) is 2.31. The number of carbonyl (C=O) groups is 2. The van der Waals surface area contributed by atoms with Crippen LogP contribution < -0.4 is 10.6 Å². The summed E-state index contributed by atoms with van der Waals surface area (Å²) in [5, 5.41) is 5.44. The molecule has 0 atom stereocenters. The van der Waals surface area contributed by atoms with Crippen molar-refractivity contribution in [1.82, 2.24) is 0 Å². The number of hydrogen-bond donors (Lipinski definition) is 2. The molecule has 0 spiro atoms. The molecule has 0 aliphatic carbocycles. The molecule has 1 aliphatic rings. The van der Waals surface area contributed by atoms with Crippen molar-refractivity contribution >= 4 is 34.8 Å². The first-order valence-electron chi connectivity index (χ1n) is 6.22. The average Bonchev–Trinajstić information content (AvgIpc) is 2.77. The van der Waals surface area contributed by atoms with Gasteiger partial charge >= 0.3 is 0 Å². The predicted molar refractivity (Wildman–Crippen MR) is 78.1 cm³/mol. The van der Waals surface area contributed by atoms with E-state index in [-0.39, 0.29) is 22.9 Å².